The zero-order chi connectivity index (χ0) is 15.6. The van der Waals surface area contributed by atoms with Crippen LogP contribution in [0.1, 0.15) is 22.9 Å². The lowest BCUT2D eigenvalue weighted by molar-refractivity contribution is 0.160. The van der Waals surface area contributed by atoms with Gasteiger partial charge in [-0.25, -0.2) is 13.1 Å². The van der Waals surface area contributed by atoms with Crippen molar-refractivity contribution in [3.63, 3.8) is 0 Å². The molecule has 2 heterocycles. The fourth-order valence-corrected chi connectivity index (χ4v) is 3.37. The number of hydrogen-bond acceptors (Lipinski definition) is 4. The van der Waals surface area contributed by atoms with Gasteiger partial charge in [0.25, 0.3) is 0 Å². The summed E-state index contributed by atoms with van der Waals surface area (Å²) in [6.07, 6.45) is 3.77. The molecule has 1 aliphatic heterocycles. The number of rotatable bonds is 5. The molecular weight excluding hydrogens is 300 g/mol. The summed E-state index contributed by atoms with van der Waals surface area (Å²) >= 11 is 0. The molecule has 118 valence electrons. The molecule has 0 aliphatic carbocycles. The Morgan fingerprint density at radius 1 is 1.23 bits per heavy atom. The first kappa shape index (κ1) is 15.3. The van der Waals surface area contributed by atoms with Crippen molar-refractivity contribution in [3.8, 4) is 0 Å². The van der Waals surface area contributed by atoms with Crippen LogP contribution in [-0.4, -0.2) is 32.7 Å². The number of nitrogens with zero attached hydrogens (tertiary/aromatic N) is 1. The van der Waals surface area contributed by atoms with Crippen molar-refractivity contribution in [1.29, 1.82) is 0 Å². The van der Waals surface area contributed by atoms with Crippen LogP contribution in [-0.2, 0) is 23.0 Å². The molecule has 1 aliphatic rings. The molecule has 0 fully saturated rings. The molecule has 2 aromatic rings. The Morgan fingerprint density at radius 2 is 2.00 bits per heavy atom. The Bertz CT molecular complexity index is 726. The van der Waals surface area contributed by atoms with Crippen LogP contribution in [0.3, 0.4) is 0 Å². The number of furan rings is 1. The molecule has 3 rings (SSSR count). The smallest absolute Gasteiger partial charge is 0.208 e. The molecule has 0 bridgehead atoms. The molecule has 1 atom stereocenters. The predicted octanol–water partition coefficient (Wildman–Crippen LogP) is 1.93. The lowest BCUT2D eigenvalue weighted by atomic mass is 9.98. The lowest BCUT2D eigenvalue weighted by Gasteiger charge is -2.34. The molecule has 1 aromatic carbocycles. The first-order valence-electron chi connectivity index (χ1n) is 7.32. The van der Waals surface area contributed by atoms with Crippen LogP contribution in [0.25, 0.3) is 0 Å². The average Bonchev–Trinajstić information content (AvgIpc) is 3.00. The highest BCUT2D eigenvalue weighted by Gasteiger charge is 2.27. The topological polar surface area (TPSA) is 62.6 Å². The molecule has 0 saturated carbocycles. The Morgan fingerprint density at radius 3 is 2.68 bits per heavy atom. The van der Waals surface area contributed by atoms with E-state index in [1.165, 1.54) is 17.4 Å². The second-order valence-corrected chi connectivity index (χ2v) is 7.47. The Balaban J connectivity index is 1.81. The van der Waals surface area contributed by atoms with E-state index in [0.29, 0.717) is 6.54 Å². The average molecular weight is 320 g/mol. The summed E-state index contributed by atoms with van der Waals surface area (Å²) in [6, 6.07) is 12.0. The van der Waals surface area contributed by atoms with E-state index in [9.17, 15) is 8.42 Å². The SMILES string of the molecule is CS(=O)(=O)NC[C@@H](c1ccco1)N1CCc2ccccc2C1. The van der Waals surface area contributed by atoms with Crippen LogP contribution < -0.4 is 4.72 Å². The summed E-state index contributed by atoms with van der Waals surface area (Å²) in [6.45, 7) is 2.00. The zero-order valence-corrected chi connectivity index (χ0v) is 13.3. The van der Waals surface area contributed by atoms with Gasteiger partial charge in [0.15, 0.2) is 0 Å². The minimum atomic E-state index is -3.23. The van der Waals surface area contributed by atoms with Gasteiger partial charge in [-0.3, -0.25) is 4.90 Å². The van der Waals surface area contributed by atoms with Gasteiger partial charge in [0.1, 0.15) is 5.76 Å². The minimum absolute atomic E-state index is 0.0990. The van der Waals surface area contributed by atoms with E-state index in [0.717, 1.165) is 25.3 Å². The quantitative estimate of drug-likeness (QED) is 0.914. The summed E-state index contributed by atoms with van der Waals surface area (Å²) in [4.78, 5) is 2.26. The third-order valence-corrected chi connectivity index (χ3v) is 4.70. The highest BCUT2D eigenvalue weighted by atomic mass is 32.2. The van der Waals surface area contributed by atoms with E-state index in [2.05, 4.69) is 27.8 Å². The molecular formula is C16H20N2O3S. The molecule has 1 aromatic heterocycles. The first-order valence-corrected chi connectivity index (χ1v) is 9.21. The van der Waals surface area contributed by atoms with Gasteiger partial charge < -0.3 is 4.42 Å². The van der Waals surface area contributed by atoms with Crippen LogP contribution in [0, 0.1) is 0 Å². The second kappa shape index (κ2) is 6.24. The minimum Gasteiger partial charge on any atom is -0.468 e. The monoisotopic (exact) mass is 320 g/mol. The van der Waals surface area contributed by atoms with Gasteiger partial charge >= 0.3 is 0 Å². The third-order valence-electron chi connectivity index (χ3n) is 4.01. The van der Waals surface area contributed by atoms with Crippen LogP contribution in [0.15, 0.2) is 47.1 Å². The van der Waals surface area contributed by atoms with Crippen molar-refractivity contribution < 1.29 is 12.8 Å². The normalized spacial score (nSPS) is 17.1. The van der Waals surface area contributed by atoms with Gasteiger partial charge in [-0.2, -0.15) is 0 Å². The van der Waals surface area contributed by atoms with Crippen LogP contribution in [0.5, 0.6) is 0 Å². The van der Waals surface area contributed by atoms with Gasteiger partial charge in [-0.15, -0.1) is 0 Å². The summed E-state index contributed by atoms with van der Waals surface area (Å²) < 4.78 is 31.0. The number of fused-ring (bicyclic) bond motifs is 1. The fraction of sp³-hybridized carbons (Fsp3) is 0.375. The van der Waals surface area contributed by atoms with Gasteiger partial charge in [0, 0.05) is 19.6 Å². The Hall–Kier alpha value is -1.63. The van der Waals surface area contributed by atoms with Crippen molar-refractivity contribution in [2.75, 3.05) is 19.3 Å². The largest absolute Gasteiger partial charge is 0.468 e. The van der Waals surface area contributed by atoms with E-state index in [1.807, 2.05) is 18.2 Å². The number of sulfonamides is 1. The number of benzene rings is 1. The van der Waals surface area contributed by atoms with Gasteiger partial charge in [0.2, 0.25) is 10.0 Å². The van der Waals surface area contributed by atoms with Gasteiger partial charge in [-0.1, -0.05) is 24.3 Å². The fourth-order valence-electron chi connectivity index (χ4n) is 2.90. The van der Waals surface area contributed by atoms with Crippen molar-refractivity contribution in [2.45, 2.75) is 19.0 Å². The summed E-state index contributed by atoms with van der Waals surface area (Å²) in [5.74, 6) is 0.788. The molecule has 0 amide bonds. The summed E-state index contributed by atoms with van der Waals surface area (Å²) in [5.41, 5.74) is 2.66. The van der Waals surface area contributed by atoms with E-state index in [-0.39, 0.29) is 6.04 Å². The summed E-state index contributed by atoms with van der Waals surface area (Å²) in [5, 5.41) is 0. The van der Waals surface area contributed by atoms with Crippen molar-refractivity contribution >= 4 is 10.0 Å². The maximum Gasteiger partial charge on any atom is 0.208 e. The van der Waals surface area contributed by atoms with Gasteiger partial charge in [0.05, 0.1) is 18.6 Å². The summed E-state index contributed by atoms with van der Waals surface area (Å²) in [7, 11) is -3.23. The standard InChI is InChI=1S/C16H20N2O3S/c1-22(19,20)17-11-15(16-7-4-10-21-16)18-9-8-13-5-2-3-6-14(13)12-18/h2-7,10,15,17H,8-9,11-12H2,1H3/t15-/m0/s1. The van der Waals surface area contributed by atoms with Gasteiger partial charge in [-0.05, 0) is 29.7 Å². The lowest BCUT2D eigenvalue weighted by Crippen LogP contribution is -2.40. The Kier molecular flexibility index (Phi) is 4.33. The van der Waals surface area contributed by atoms with Crippen molar-refractivity contribution in [2.24, 2.45) is 0 Å². The molecule has 22 heavy (non-hydrogen) atoms. The molecule has 0 radical (unpaired) electrons. The highest BCUT2D eigenvalue weighted by molar-refractivity contribution is 7.88. The highest BCUT2D eigenvalue weighted by Crippen LogP contribution is 2.27. The maximum atomic E-state index is 11.4. The van der Waals surface area contributed by atoms with Crippen LogP contribution in [0.2, 0.25) is 0 Å². The van der Waals surface area contributed by atoms with Crippen LogP contribution >= 0.6 is 0 Å². The van der Waals surface area contributed by atoms with Crippen LogP contribution in [0.4, 0.5) is 0 Å². The molecule has 5 nitrogen and oxygen atoms in total. The van der Waals surface area contributed by atoms with E-state index in [4.69, 9.17) is 4.42 Å². The molecule has 0 unspecified atom stereocenters. The molecule has 1 N–H and O–H groups in total. The number of nitrogens with one attached hydrogen (secondary N) is 1. The third kappa shape index (κ3) is 3.58. The van der Waals surface area contributed by atoms with E-state index in [1.54, 1.807) is 6.26 Å². The number of hydrogen-bond donors (Lipinski definition) is 1. The Labute approximate surface area is 131 Å². The molecule has 6 heteroatoms. The molecule has 0 saturated heterocycles. The van der Waals surface area contributed by atoms with Crippen molar-refractivity contribution in [3.05, 3.63) is 59.5 Å². The molecule has 0 spiro atoms. The van der Waals surface area contributed by atoms with Crippen molar-refractivity contribution in [1.82, 2.24) is 9.62 Å². The zero-order valence-electron chi connectivity index (χ0n) is 12.5. The first-order chi connectivity index (χ1) is 10.5. The van der Waals surface area contributed by atoms with E-state index >= 15 is 0 Å². The van der Waals surface area contributed by atoms with E-state index < -0.39 is 10.0 Å². The predicted molar refractivity (Wildman–Crippen MR) is 84.9 cm³/mol. The second-order valence-electron chi connectivity index (χ2n) is 5.64. The maximum absolute atomic E-state index is 11.4.